The van der Waals surface area contributed by atoms with Crippen molar-refractivity contribution in [1.29, 1.82) is 5.26 Å². The number of nitriles is 1. The third kappa shape index (κ3) is 0.944. The van der Waals surface area contributed by atoms with Crippen LogP contribution in [0.5, 0.6) is 0 Å². The molecule has 0 aliphatic heterocycles. The fourth-order valence-electron chi connectivity index (χ4n) is 1.64. The zero-order chi connectivity index (χ0) is 10.1. The molecule has 3 heteroatoms. The summed E-state index contributed by atoms with van der Waals surface area (Å²) >= 11 is 0. The van der Waals surface area contributed by atoms with Crippen LogP contribution < -0.4 is 0 Å². The maximum Gasteiger partial charge on any atom is 0.152 e. The van der Waals surface area contributed by atoms with Crippen molar-refractivity contribution in [1.82, 2.24) is 4.40 Å². The predicted octanol–water partition coefficient (Wildman–Crippen LogP) is 1.93. The van der Waals surface area contributed by atoms with Gasteiger partial charge in [-0.05, 0) is 24.6 Å². The first-order valence-corrected chi connectivity index (χ1v) is 4.24. The molecule has 14 heavy (non-hydrogen) atoms. The number of nitrogens with zero attached hydrogens (tertiary/aromatic N) is 2. The van der Waals surface area contributed by atoms with Gasteiger partial charge in [-0.3, -0.25) is 4.79 Å². The van der Waals surface area contributed by atoms with Gasteiger partial charge in [-0.1, -0.05) is 6.07 Å². The molecule has 0 aromatic carbocycles. The van der Waals surface area contributed by atoms with Gasteiger partial charge in [0.1, 0.15) is 11.8 Å². The Kier molecular flexibility index (Phi) is 1.83. The third-order valence-electron chi connectivity index (χ3n) is 2.36. The number of hydrogen-bond acceptors (Lipinski definition) is 2. The molecule has 0 saturated heterocycles. The first-order chi connectivity index (χ1) is 6.79. The van der Waals surface area contributed by atoms with Crippen LogP contribution in [0.3, 0.4) is 0 Å². The van der Waals surface area contributed by atoms with E-state index >= 15 is 0 Å². The van der Waals surface area contributed by atoms with Gasteiger partial charge in [-0.25, -0.2) is 0 Å². The van der Waals surface area contributed by atoms with E-state index in [2.05, 4.69) is 6.07 Å². The second kappa shape index (κ2) is 3.00. The molecule has 0 spiro atoms. The van der Waals surface area contributed by atoms with E-state index in [1.165, 1.54) is 0 Å². The number of aldehydes is 1. The molecule has 68 valence electrons. The van der Waals surface area contributed by atoms with Crippen LogP contribution in [0.15, 0.2) is 24.4 Å². The minimum Gasteiger partial charge on any atom is -0.307 e. The summed E-state index contributed by atoms with van der Waals surface area (Å²) in [6.45, 7) is 1.79. The summed E-state index contributed by atoms with van der Waals surface area (Å²) in [6, 6.07) is 7.61. The number of carbonyl (C=O) groups is 1. The second-order valence-electron chi connectivity index (χ2n) is 3.07. The van der Waals surface area contributed by atoms with E-state index in [-0.39, 0.29) is 0 Å². The summed E-state index contributed by atoms with van der Waals surface area (Å²) < 4.78 is 1.74. The highest BCUT2D eigenvalue weighted by molar-refractivity contribution is 5.90. The van der Waals surface area contributed by atoms with Gasteiger partial charge in [-0.2, -0.15) is 5.26 Å². The fraction of sp³-hybridized carbons (Fsp3) is 0.0909. The van der Waals surface area contributed by atoms with Gasteiger partial charge in [-0.15, -0.1) is 0 Å². The summed E-state index contributed by atoms with van der Waals surface area (Å²) in [5.74, 6) is 0. The Hall–Kier alpha value is -2.08. The predicted molar refractivity (Wildman–Crippen MR) is 52.2 cm³/mol. The average Bonchev–Trinajstić information content (AvgIpc) is 2.49. The molecule has 0 radical (unpaired) electrons. The lowest BCUT2D eigenvalue weighted by Gasteiger charge is -1.93. The molecule has 0 saturated carbocycles. The monoisotopic (exact) mass is 184 g/mol. The molecule has 0 aliphatic carbocycles. The van der Waals surface area contributed by atoms with E-state index in [0.29, 0.717) is 11.3 Å². The molecule has 0 bridgehead atoms. The molecule has 2 aromatic heterocycles. The van der Waals surface area contributed by atoms with Crippen LogP contribution in [-0.2, 0) is 0 Å². The van der Waals surface area contributed by atoms with Crippen molar-refractivity contribution < 1.29 is 4.79 Å². The minimum atomic E-state index is 0.530. The molecule has 0 amide bonds. The summed E-state index contributed by atoms with van der Waals surface area (Å²) in [7, 11) is 0. The first kappa shape index (κ1) is 8.52. The van der Waals surface area contributed by atoms with E-state index < -0.39 is 0 Å². The Labute approximate surface area is 81.2 Å². The van der Waals surface area contributed by atoms with Crippen molar-refractivity contribution in [3.05, 3.63) is 41.2 Å². The van der Waals surface area contributed by atoms with Gasteiger partial charge in [0.2, 0.25) is 0 Å². The van der Waals surface area contributed by atoms with Crippen molar-refractivity contribution in [2.24, 2.45) is 0 Å². The van der Waals surface area contributed by atoms with Crippen molar-refractivity contribution >= 4 is 11.8 Å². The van der Waals surface area contributed by atoms with Crippen molar-refractivity contribution in [3.8, 4) is 6.07 Å². The highest BCUT2D eigenvalue weighted by atomic mass is 16.1. The van der Waals surface area contributed by atoms with E-state index in [0.717, 1.165) is 17.4 Å². The van der Waals surface area contributed by atoms with Crippen LogP contribution in [0, 0.1) is 18.3 Å². The molecule has 0 fully saturated rings. The third-order valence-corrected chi connectivity index (χ3v) is 2.36. The number of rotatable bonds is 1. The summed E-state index contributed by atoms with van der Waals surface area (Å²) in [5, 5.41) is 8.94. The van der Waals surface area contributed by atoms with Crippen molar-refractivity contribution in [2.75, 3.05) is 0 Å². The number of fused-ring (bicyclic) bond motifs is 1. The average molecular weight is 184 g/mol. The Morgan fingerprint density at radius 3 is 2.93 bits per heavy atom. The zero-order valence-corrected chi connectivity index (χ0v) is 7.69. The SMILES string of the molecule is Cc1c(C=O)c2ccccn2c1C#N. The van der Waals surface area contributed by atoms with Gasteiger partial charge in [0.15, 0.2) is 6.29 Å². The smallest absolute Gasteiger partial charge is 0.152 e. The molecular weight excluding hydrogens is 176 g/mol. The Morgan fingerprint density at radius 2 is 2.29 bits per heavy atom. The number of pyridine rings is 1. The molecule has 0 aliphatic rings. The van der Waals surface area contributed by atoms with E-state index in [1.54, 1.807) is 17.5 Å². The molecule has 0 unspecified atom stereocenters. The Bertz CT molecular complexity index is 546. The highest BCUT2D eigenvalue weighted by Crippen LogP contribution is 2.20. The van der Waals surface area contributed by atoms with Gasteiger partial charge in [0.05, 0.1) is 5.52 Å². The van der Waals surface area contributed by atoms with E-state index in [1.807, 2.05) is 18.2 Å². The molecule has 0 N–H and O–H groups in total. The molecular formula is C11H8N2O. The molecule has 2 aromatic rings. The summed E-state index contributed by atoms with van der Waals surface area (Å²) in [6.07, 6.45) is 2.58. The number of carbonyl (C=O) groups excluding carboxylic acids is 1. The maximum absolute atomic E-state index is 10.8. The van der Waals surface area contributed by atoms with Crippen LogP contribution in [0.25, 0.3) is 5.52 Å². The van der Waals surface area contributed by atoms with Gasteiger partial charge in [0, 0.05) is 11.8 Å². The standard InChI is InChI=1S/C11H8N2O/c1-8-9(7-14)10-4-2-3-5-13(10)11(8)6-12/h2-5,7H,1H3. The topological polar surface area (TPSA) is 45.3 Å². The van der Waals surface area contributed by atoms with Gasteiger partial charge in [0.25, 0.3) is 0 Å². The van der Waals surface area contributed by atoms with Crippen LogP contribution in [0.4, 0.5) is 0 Å². The second-order valence-corrected chi connectivity index (χ2v) is 3.07. The Balaban J connectivity index is 3.01. The van der Waals surface area contributed by atoms with Crippen LogP contribution in [0.2, 0.25) is 0 Å². The quantitative estimate of drug-likeness (QED) is 0.635. The van der Waals surface area contributed by atoms with Gasteiger partial charge >= 0.3 is 0 Å². The fourth-order valence-corrected chi connectivity index (χ4v) is 1.64. The minimum absolute atomic E-state index is 0.530. The summed E-state index contributed by atoms with van der Waals surface area (Å²) in [5.41, 5.74) is 2.66. The van der Waals surface area contributed by atoms with Gasteiger partial charge < -0.3 is 4.40 Å². The maximum atomic E-state index is 10.8. The zero-order valence-electron chi connectivity index (χ0n) is 7.69. The van der Waals surface area contributed by atoms with Crippen LogP contribution >= 0.6 is 0 Å². The number of aromatic nitrogens is 1. The molecule has 2 heterocycles. The van der Waals surface area contributed by atoms with Crippen molar-refractivity contribution in [3.63, 3.8) is 0 Å². The Morgan fingerprint density at radius 1 is 1.50 bits per heavy atom. The summed E-state index contributed by atoms with van der Waals surface area (Å²) in [4.78, 5) is 10.8. The van der Waals surface area contributed by atoms with Crippen LogP contribution in [0.1, 0.15) is 21.6 Å². The molecule has 0 atom stereocenters. The van der Waals surface area contributed by atoms with Crippen molar-refractivity contribution in [2.45, 2.75) is 6.92 Å². The lowest BCUT2D eigenvalue weighted by molar-refractivity contribution is 0.112. The lowest BCUT2D eigenvalue weighted by Crippen LogP contribution is -1.86. The number of hydrogen-bond donors (Lipinski definition) is 0. The molecule has 3 nitrogen and oxygen atoms in total. The lowest BCUT2D eigenvalue weighted by atomic mass is 10.1. The van der Waals surface area contributed by atoms with Crippen LogP contribution in [-0.4, -0.2) is 10.7 Å². The normalized spacial score (nSPS) is 10.0. The molecule has 2 rings (SSSR count). The first-order valence-electron chi connectivity index (χ1n) is 4.24. The van der Waals surface area contributed by atoms with E-state index in [4.69, 9.17) is 5.26 Å². The van der Waals surface area contributed by atoms with E-state index in [9.17, 15) is 4.79 Å². The highest BCUT2D eigenvalue weighted by Gasteiger charge is 2.12. The largest absolute Gasteiger partial charge is 0.307 e.